The lowest BCUT2D eigenvalue weighted by atomic mass is 10.2. The van der Waals surface area contributed by atoms with Crippen molar-refractivity contribution in [3.63, 3.8) is 0 Å². The topological polar surface area (TPSA) is 15.7 Å². The van der Waals surface area contributed by atoms with Crippen LogP contribution in [-0.2, 0) is 6.54 Å². The summed E-state index contributed by atoms with van der Waals surface area (Å²) in [5.41, 5.74) is 1.30. The molecule has 1 aromatic carbocycles. The molecule has 3 nitrogen and oxygen atoms in total. The van der Waals surface area contributed by atoms with Gasteiger partial charge >= 0.3 is 0 Å². The summed E-state index contributed by atoms with van der Waals surface area (Å²) < 4.78 is 6.25. The molecule has 0 atom stereocenters. The first-order valence-electron chi connectivity index (χ1n) is 6.18. The Balaban J connectivity index is 2.44. The van der Waals surface area contributed by atoms with Crippen molar-refractivity contribution in [2.75, 3.05) is 41.3 Å². The smallest absolute Gasteiger partial charge is 0.133 e. The van der Waals surface area contributed by atoms with Gasteiger partial charge in [-0.25, -0.2) is 0 Å². The summed E-state index contributed by atoms with van der Waals surface area (Å²) >= 11 is 3.52. The molecule has 4 heteroatoms. The second-order valence-corrected chi connectivity index (χ2v) is 5.72. The van der Waals surface area contributed by atoms with Crippen molar-refractivity contribution < 1.29 is 4.74 Å². The molecule has 0 saturated carbocycles. The van der Waals surface area contributed by atoms with E-state index in [4.69, 9.17) is 4.74 Å². The first kappa shape index (κ1) is 15.5. The van der Waals surface area contributed by atoms with Crippen LogP contribution >= 0.6 is 15.9 Å². The zero-order chi connectivity index (χ0) is 13.5. The van der Waals surface area contributed by atoms with Gasteiger partial charge in [0, 0.05) is 6.54 Å². The van der Waals surface area contributed by atoms with Gasteiger partial charge in [-0.3, -0.25) is 0 Å². The minimum Gasteiger partial charge on any atom is -0.496 e. The summed E-state index contributed by atoms with van der Waals surface area (Å²) in [5.74, 6) is 0.883. The molecule has 1 rings (SSSR count). The summed E-state index contributed by atoms with van der Waals surface area (Å²) in [5, 5.41) is 0. The third kappa shape index (κ3) is 5.38. The Bertz CT molecular complexity index is 369. The fourth-order valence-electron chi connectivity index (χ4n) is 1.86. The average molecular weight is 315 g/mol. The van der Waals surface area contributed by atoms with E-state index in [0.29, 0.717) is 0 Å². The highest BCUT2D eigenvalue weighted by molar-refractivity contribution is 9.10. The predicted molar refractivity (Wildman–Crippen MR) is 80.2 cm³/mol. The van der Waals surface area contributed by atoms with E-state index in [9.17, 15) is 0 Å². The zero-order valence-corrected chi connectivity index (χ0v) is 13.3. The first-order chi connectivity index (χ1) is 8.52. The molecule has 102 valence electrons. The molecule has 0 N–H and O–H groups in total. The van der Waals surface area contributed by atoms with Crippen LogP contribution in [0, 0.1) is 0 Å². The molecule has 0 saturated heterocycles. The van der Waals surface area contributed by atoms with Crippen LogP contribution in [0.5, 0.6) is 5.75 Å². The molecule has 1 aromatic rings. The Morgan fingerprint density at radius 3 is 2.44 bits per heavy atom. The molecule has 0 bridgehead atoms. The number of hydrogen-bond donors (Lipinski definition) is 0. The van der Waals surface area contributed by atoms with Gasteiger partial charge in [-0.2, -0.15) is 0 Å². The summed E-state index contributed by atoms with van der Waals surface area (Å²) in [6.07, 6.45) is 1.20. The van der Waals surface area contributed by atoms with Crippen LogP contribution < -0.4 is 4.74 Å². The number of methoxy groups -OCH3 is 1. The van der Waals surface area contributed by atoms with E-state index in [1.807, 2.05) is 6.07 Å². The number of ether oxygens (including phenoxy) is 1. The molecule has 18 heavy (non-hydrogen) atoms. The van der Waals surface area contributed by atoms with E-state index < -0.39 is 0 Å². The van der Waals surface area contributed by atoms with Crippen molar-refractivity contribution in [3.05, 3.63) is 28.2 Å². The molecule has 0 aliphatic carbocycles. The van der Waals surface area contributed by atoms with Crippen molar-refractivity contribution in [2.45, 2.75) is 13.0 Å². The highest BCUT2D eigenvalue weighted by Gasteiger charge is 2.04. The fraction of sp³-hybridized carbons (Fsp3) is 0.571. The van der Waals surface area contributed by atoms with E-state index >= 15 is 0 Å². The second kappa shape index (κ2) is 7.77. The van der Waals surface area contributed by atoms with Gasteiger partial charge in [0.2, 0.25) is 0 Å². The number of halogens is 1. The average Bonchev–Trinajstić information content (AvgIpc) is 2.28. The molecule has 0 radical (unpaired) electrons. The normalized spacial score (nSPS) is 11.3. The third-order valence-electron chi connectivity index (χ3n) is 2.81. The lowest BCUT2D eigenvalue weighted by Gasteiger charge is -2.18. The number of benzene rings is 1. The maximum atomic E-state index is 5.23. The fourth-order valence-corrected chi connectivity index (χ4v) is 2.44. The van der Waals surface area contributed by atoms with Crippen LogP contribution in [0.1, 0.15) is 12.0 Å². The molecule has 0 aliphatic rings. The van der Waals surface area contributed by atoms with E-state index in [0.717, 1.165) is 29.9 Å². The van der Waals surface area contributed by atoms with Gasteiger partial charge in [0.25, 0.3) is 0 Å². The molecule has 0 heterocycles. The Labute approximate surface area is 119 Å². The van der Waals surface area contributed by atoms with Crippen LogP contribution in [-0.4, -0.2) is 51.1 Å². The lowest BCUT2D eigenvalue weighted by Crippen LogP contribution is -2.23. The number of hydrogen-bond acceptors (Lipinski definition) is 3. The molecule has 0 fully saturated rings. The van der Waals surface area contributed by atoms with Crippen LogP contribution in [0.4, 0.5) is 0 Å². The standard InChI is InChI=1S/C14H23BrN2O/c1-16(2)8-5-9-17(3)11-12-6-7-14(18-4)13(15)10-12/h6-7,10H,5,8-9,11H2,1-4H3. The summed E-state index contributed by atoms with van der Waals surface area (Å²) in [7, 11) is 8.07. The summed E-state index contributed by atoms with van der Waals surface area (Å²) in [4.78, 5) is 4.57. The maximum absolute atomic E-state index is 5.23. The van der Waals surface area contributed by atoms with Gasteiger partial charge < -0.3 is 14.5 Å². The van der Waals surface area contributed by atoms with Gasteiger partial charge in [0.1, 0.15) is 5.75 Å². The highest BCUT2D eigenvalue weighted by atomic mass is 79.9. The van der Waals surface area contributed by atoms with Crippen molar-refractivity contribution in [2.24, 2.45) is 0 Å². The minimum absolute atomic E-state index is 0.883. The molecular weight excluding hydrogens is 292 g/mol. The maximum Gasteiger partial charge on any atom is 0.133 e. The van der Waals surface area contributed by atoms with Gasteiger partial charge in [-0.1, -0.05) is 6.07 Å². The predicted octanol–water partition coefficient (Wildman–Crippen LogP) is 2.84. The third-order valence-corrected chi connectivity index (χ3v) is 3.43. The van der Waals surface area contributed by atoms with Gasteiger partial charge in [-0.05, 0) is 74.3 Å². The largest absolute Gasteiger partial charge is 0.496 e. The molecule has 0 spiro atoms. The monoisotopic (exact) mass is 314 g/mol. The molecule has 0 aliphatic heterocycles. The Kier molecular flexibility index (Phi) is 6.68. The number of nitrogens with zero attached hydrogens (tertiary/aromatic N) is 2. The number of rotatable bonds is 7. The first-order valence-corrected chi connectivity index (χ1v) is 6.98. The summed E-state index contributed by atoms with van der Waals surface area (Å²) in [6, 6.07) is 6.25. The van der Waals surface area contributed by atoms with Crippen molar-refractivity contribution >= 4 is 15.9 Å². The van der Waals surface area contributed by atoms with Crippen molar-refractivity contribution in [1.29, 1.82) is 0 Å². The highest BCUT2D eigenvalue weighted by Crippen LogP contribution is 2.25. The second-order valence-electron chi connectivity index (χ2n) is 4.86. The van der Waals surface area contributed by atoms with Crippen LogP contribution in [0.3, 0.4) is 0 Å². The van der Waals surface area contributed by atoms with Crippen LogP contribution in [0.2, 0.25) is 0 Å². The quantitative estimate of drug-likeness (QED) is 0.769. The Hall–Kier alpha value is -0.580. The molecule has 0 unspecified atom stereocenters. The van der Waals surface area contributed by atoms with Gasteiger partial charge in [-0.15, -0.1) is 0 Å². The van der Waals surface area contributed by atoms with Crippen LogP contribution in [0.15, 0.2) is 22.7 Å². The SMILES string of the molecule is COc1ccc(CN(C)CCCN(C)C)cc1Br. The molecule has 0 aromatic heterocycles. The van der Waals surface area contributed by atoms with Gasteiger partial charge in [0.05, 0.1) is 11.6 Å². The Morgan fingerprint density at radius 1 is 1.17 bits per heavy atom. The zero-order valence-electron chi connectivity index (χ0n) is 11.7. The van der Waals surface area contributed by atoms with Crippen LogP contribution in [0.25, 0.3) is 0 Å². The van der Waals surface area contributed by atoms with Gasteiger partial charge in [0.15, 0.2) is 0 Å². The van der Waals surface area contributed by atoms with E-state index in [2.05, 4.69) is 59.0 Å². The van der Waals surface area contributed by atoms with Crippen molar-refractivity contribution in [3.8, 4) is 5.75 Å². The van der Waals surface area contributed by atoms with Crippen molar-refractivity contribution in [1.82, 2.24) is 9.80 Å². The minimum atomic E-state index is 0.883. The van der Waals surface area contributed by atoms with E-state index in [1.165, 1.54) is 12.0 Å². The Morgan fingerprint density at radius 2 is 1.89 bits per heavy atom. The van der Waals surface area contributed by atoms with E-state index in [1.54, 1.807) is 7.11 Å². The lowest BCUT2D eigenvalue weighted by molar-refractivity contribution is 0.294. The molecule has 0 amide bonds. The summed E-state index contributed by atoms with van der Waals surface area (Å²) in [6.45, 7) is 3.22. The molecular formula is C14H23BrN2O. The van der Waals surface area contributed by atoms with E-state index in [-0.39, 0.29) is 0 Å².